The van der Waals surface area contributed by atoms with Crippen LogP contribution in [0.25, 0.3) is 0 Å². The second kappa shape index (κ2) is 8.93. The van der Waals surface area contributed by atoms with Crippen LogP contribution < -0.4 is 11.1 Å². The van der Waals surface area contributed by atoms with Gasteiger partial charge in [0, 0.05) is 20.3 Å². The average molecular weight is 204 g/mol. The fourth-order valence-electron chi connectivity index (χ4n) is 0.839. The van der Waals surface area contributed by atoms with Gasteiger partial charge in [-0.3, -0.25) is 4.79 Å². The third kappa shape index (κ3) is 6.82. The first-order chi connectivity index (χ1) is 6.72. The molecule has 0 radical (unpaired) electrons. The molecule has 1 amide bonds. The summed E-state index contributed by atoms with van der Waals surface area (Å²) in [4.78, 5) is 11.3. The SMILES string of the molecule is COCCNC(=O)C(C)OCCCN. The molecule has 0 spiro atoms. The molecule has 0 aromatic heterocycles. The van der Waals surface area contributed by atoms with E-state index >= 15 is 0 Å². The van der Waals surface area contributed by atoms with E-state index in [-0.39, 0.29) is 5.91 Å². The van der Waals surface area contributed by atoms with Gasteiger partial charge in [-0.25, -0.2) is 0 Å². The average Bonchev–Trinajstić information content (AvgIpc) is 2.18. The number of amides is 1. The van der Waals surface area contributed by atoms with Gasteiger partial charge in [0.2, 0.25) is 5.91 Å². The van der Waals surface area contributed by atoms with Crippen molar-refractivity contribution >= 4 is 5.91 Å². The van der Waals surface area contributed by atoms with Crippen molar-refractivity contribution in [3.8, 4) is 0 Å². The summed E-state index contributed by atoms with van der Waals surface area (Å²) < 4.78 is 10.0. The molecule has 1 unspecified atom stereocenters. The van der Waals surface area contributed by atoms with Gasteiger partial charge in [0.05, 0.1) is 6.61 Å². The maximum Gasteiger partial charge on any atom is 0.248 e. The molecular weight excluding hydrogens is 184 g/mol. The van der Waals surface area contributed by atoms with Crippen molar-refractivity contribution in [3.63, 3.8) is 0 Å². The fourth-order valence-corrected chi connectivity index (χ4v) is 0.839. The zero-order chi connectivity index (χ0) is 10.8. The van der Waals surface area contributed by atoms with Gasteiger partial charge in [-0.15, -0.1) is 0 Å². The molecule has 0 heterocycles. The predicted molar refractivity (Wildman–Crippen MR) is 54.0 cm³/mol. The van der Waals surface area contributed by atoms with Gasteiger partial charge >= 0.3 is 0 Å². The summed E-state index contributed by atoms with van der Waals surface area (Å²) in [5.74, 6) is -0.112. The van der Waals surface area contributed by atoms with E-state index in [2.05, 4.69) is 5.32 Å². The number of methoxy groups -OCH3 is 1. The number of carbonyl (C=O) groups excluding carboxylic acids is 1. The Balaban J connectivity index is 3.44. The van der Waals surface area contributed by atoms with E-state index in [9.17, 15) is 4.79 Å². The molecule has 0 saturated heterocycles. The van der Waals surface area contributed by atoms with E-state index in [4.69, 9.17) is 15.2 Å². The van der Waals surface area contributed by atoms with E-state index in [1.165, 1.54) is 0 Å². The first-order valence-corrected chi connectivity index (χ1v) is 4.80. The molecule has 0 aliphatic rings. The van der Waals surface area contributed by atoms with Gasteiger partial charge < -0.3 is 20.5 Å². The van der Waals surface area contributed by atoms with E-state index in [1.807, 2.05) is 0 Å². The van der Waals surface area contributed by atoms with Crippen LogP contribution in [0.1, 0.15) is 13.3 Å². The summed E-state index contributed by atoms with van der Waals surface area (Å²) in [6.45, 7) is 3.85. The maximum absolute atomic E-state index is 11.3. The zero-order valence-electron chi connectivity index (χ0n) is 8.91. The molecule has 0 aliphatic heterocycles. The lowest BCUT2D eigenvalue weighted by Crippen LogP contribution is -2.36. The van der Waals surface area contributed by atoms with Crippen molar-refractivity contribution in [2.45, 2.75) is 19.4 Å². The Morgan fingerprint density at radius 1 is 1.50 bits per heavy atom. The van der Waals surface area contributed by atoms with E-state index in [1.54, 1.807) is 14.0 Å². The van der Waals surface area contributed by atoms with Gasteiger partial charge in [-0.1, -0.05) is 0 Å². The number of ether oxygens (including phenoxy) is 2. The topological polar surface area (TPSA) is 73.6 Å². The van der Waals surface area contributed by atoms with Crippen molar-refractivity contribution in [2.75, 3.05) is 33.4 Å². The van der Waals surface area contributed by atoms with Crippen molar-refractivity contribution in [3.05, 3.63) is 0 Å². The van der Waals surface area contributed by atoms with Crippen LogP contribution in [-0.2, 0) is 14.3 Å². The molecule has 0 saturated carbocycles. The third-order valence-corrected chi connectivity index (χ3v) is 1.69. The molecule has 0 aromatic carbocycles. The van der Waals surface area contributed by atoms with Crippen LogP contribution >= 0.6 is 0 Å². The molecular formula is C9H20N2O3. The third-order valence-electron chi connectivity index (χ3n) is 1.69. The van der Waals surface area contributed by atoms with E-state index in [0.717, 1.165) is 6.42 Å². The minimum absolute atomic E-state index is 0.112. The summed E-state index contributed by atoms with van der Waals surface area (Å²) in [7, 11) is 1.59. The quantitative estimate of drug-likeness (QED) is 0.523. The monoisotopic (exact) mass is 204 g/mol. The van der Waals surface area contributed by atoms with Crippen LogP contribution in [0.4, 0.5) is 0 Å². The van der Waals surface area contributed by atoms with Crippen LogP contribution in [0.5, 0.6) is 0 Å². The maximum atomic E-state index is 11.3. The number of rotatable bonds is 8. The van der Waals surface area contributed by atoms with Crippen LogP contribution in [0.2, 0.25) is 0 Å². The highest BCUT2D eigenvalue weighted by Gasteiger charge is 2.11. The Kier molecular flexibility index (Phi) is 8.51. The number of nitrogens with one attached hydrogen (secondary N) is 1. The molecule has 3 N–H and O–H groups in total. The highest BCUT2D eigenvalue weighted by molar-refractivity contribution is 5.80. The largest absolute Gasteiger partial charge is 0.383 e. The molecule has 5 nitrogen and oxygen atoms in total. The van der Waals surface area contributed by atoms with Crippen molar-refractivity contribution in [2.24, 2.45) is 5.73 Å². The Morgan fingerprint density at radius 3 is 2.79 bits per heavy atom. The Labute approximate surface area is 84.9 Å². The highest BCUT2D eigenvalue weighted by atomic mass is 16.5. The molecule has 0 bridgehead atoms. The molecule has 0 aliphatic carbocycles. The second-order valence-corrected chi connectivity index (χ2v) is 2.94. The van der Waals surface area contributed by atoms with Gasteiger partial charge in [-0.05, 0) is 19.9 Å². The van der Waals surface area contributed by atoms with Gasteiger partial charge in [0.15, 0.2) is 0 Å². The van der Waals surface area contributed by atoms with Gasteiger partial charge in [-0.2, -0.15) is 0 Å². The highest BCUT2D eigenvalue weighted by Crippen LogP contribution is 1.91. The van der Waals surface area contributed by atoms with Crippen molar-refractivity contribution in [1.82, 2.24) is 5.32 Å². The van der Waals surface area contributed by atoms with Crippen LogP contribution in [0.3, 0.4) is 0 Å². The lowest BCUT2D eigenvalue weighted by molar-refractivity contribution is -0.131. The van der Waals surface area contributed by atoms with E-state index in [0.29, 0.717) is 26.3 Å². The Hall–Kier alpha value is -0.650. The molecule has 1 atom stereocenters. The molecule has 14 heavy (non-hydrogen) atoms. The summed E-state index contributed by atoms with van der Waals surface area (Å²) in [6, 6.07) is 0. The minimum Gasteiger partial charge on any atom is -0.383 e. The number of nitrogens with two attached hydrogens (primary N) is 1. The fraction of sp³-hybridized carbons (Fsp3) is 0.889. The van der Waals surface area contributed by atoms with Crippen LogP contribution in [0, 0.1) is 0 Å². The minimum atomic E-state index is -0.418. The van der Waals surface area contributed by atoms with Crippen LogP contribution in [-0.4, -0.2) is 45.4 Å². The smallest absolute Gasteiger partial charge is 0.248 e. The molecule has 84 valence electrons. The summed E-state index contributed by atoms with van der Waals surface area (Å²) in [5.41, 5.74) is 5.29. The number of carbonyl (C=O) groups is 1. The second-order valence-electron chi connectivity index (χ2n) is 2.94. The van der Waals surface area contributed by atoms with Crippen molar-refractivity contribution < 1.29 is 14.3 Å². The Morgan fingerprint density at radius 2 is 2.21 bits per heavy atom. The predicted octanol–water partition coefficient (Wildman–Crippen LogP) is -0.497. The van der Waals surface area contributed by atoms with E-state index < -0.39 is 6.10 Å². The standard InChI is InChI=1S/C9H20N2O3/c1-8(14-6-3-4-10)9(12)11-5-7-13-2/h8H,3-7,10H2,1-2H3,(H,11,12). The van der Waals surface area contributed by atoms with Gasteiger partial charge in [0.25, 0.3) is 0 Å². The first-order valence-electron chi connectivity index (χ1n) is 4.80. The lowest BCUT2D eigenvalue weighted by Gasteiger charge is -2.12. The summed E-state index contributed by atoms with van der Waals surface area (Å²) in [6.07, 6.45) is 0.355. The van der Waals surface area contributed by atoms with Gasteiger partial charge in [0.1, 0.15) is 6.10 Å². The number of hydrogen-bond donors (Lipinski definition) is 2. The Bertz CT molecular complexity index is 153. The van der Waals surface area contributed by atoms with Crippen LogP contribution in [0.15, 0.2) is 0 Å². The first kappa shape index (κ1) is 13.4. The molecule has 0 rings (SSSR count). The zero-order valence-corrected chi connectivity index (χ0v) is 8.91. The summed E-state index contributed by atoms with van der Waals surface area (Å²) >= 11 is 0. The molecule has 0 aromatic rings. The normalized spacial score (nSPS) is 12.5. The summed E-state index contributed by atoms with van der Waals surface area (Å²) in [5, 5.41) is 2.69. The molecule has 0 fully saturated rings. The number of hydrogen-bond acceptors (Lipinski definition) is 4. The van der Waals surface area contributed by atoms with Crippen molar-refractivity contribution in [1.29, 1.82) is 0 Å². The molecule has 5 heteroatoms. The lowest BCUT2D eigenvalue weighted by atomic mass is 10.3.